The summed E-state index contributed by atoms with van der Waals surface area (Å²) in [5.74, 6) is -10.4. The zero-order valence-electron chi connectivity index (χ0n) is 26.5. The first kappa shape index (κ1) is 32.5. The van der Waals surface area contributed by atoms with Crippen LogP contribution < -0.4 is 10.5 Å². The number of likely N-dealkylation sites (N-methyl/N-ethyl adjacent to an activating group) is 2. The zero-order valence-corrected chi connectivity index (χ0v) is 26.5. The van der Waals surface area contributed by atoms with Crippen molar-refractivity contribution >= 4 is 29.0 Å². The van der Waals surface area contributed by atoms with Crippen LogP contribution in [0.1, 0.15) is 47.3 Å². The minimum absolute atomic E-state index is 0.0246. The Morgan fingerprint density at radius 2 is 1.73 bits per heavy atom. The average Bonchev–Trinajstić information content (AvgIpc) is 2.94. The van der Waals surface area contributed by atoms with Crippen LogP contribution in [0.4, 0.5) is 0 Å². The zero-order chi connectivity index (χ0) is 33.2. The van der Waals surface area contributed by atoms with Crippen molar-refractivity contribution < 1.29 is 38.9 Å². The number of fused-ring (bicyclic) bond motifs is 3. The second kappa shape index (κ2) is 11.5. The lowest BCUT2D eigenvalue weighted by molar-refractivity contribution is -0.181. The Morgan fingerprint density at radius 3 is 2.31 bits per heavy atom. The van der Waals surface area contributed by atoms with Gasteiger partial charge in [0.05, 0.1) is 24.6 Å². The predicted octanol–water partition coefficient (Wildman–Crippen LogP) is 1.29. The smallest absolute Gasteiger partial charge is 0.235 e. The van der Waals surface area contributed by atoms with Crippen LogP contribution in [0.3, 0.4) is 0 Å². The molecule has 4 N–H and O–H groups in total. The first-order chi connectivity index (χ1) is 21.1. The van der Waals surface area contributed by atoms with Crippen molar-refractivity contribution in [3.63, 3.8) is 0 Å². The van der Waals surface area contributed by atoms with Crippen LogP contribution in [0.25, 0.3) is 0 Å². The summed E-state index contributed by atoms with van der Waals surface area (Å²) in [6.07, 6.45) is 0.110. The van der Waals surface area contributed by atoms with E-state index in [2.05, 4.69) is 30.9 Å². The number of nitrogens with two attached hydrogens (primary N) is 1. The molecule has 2 fully saturated rings. The molecule has 45 heavy (non-hydrogen) atoms. The van der Waals surface area contributed by atoms with Gasteiger partial charge in [-0.05, 0) is 51.5 Å². The molecular formula is C34H41N3O8. The number of Topliss-reactive ketones (excluding diaryl/α,β-unsaturated/α-hetero) is 4. The number of primary amides is 1. The Bertz CT molecular complexity index is 1590. The van der Waals surface area contributed by atoms with E-state index in [0.29, 0.717) is 30.0 Å². The summed E-state index contributed by atoms with van der Waals surface area (Å²) < 4.78 is 5.84. The lowest BCUT2D eigenvalue weighted by atomic mass is 9.52. The van der Waals surface area contributed by atoms with Gasteiger partial charge in [-0.2, -0.15) is 0 Å². The molecule has 1 amide bonds. The van der Waals surface area contributed by atoms with Crippen LogP contribution in [0.2, 0.25) is 0 Å². The van der Waals surface area contributed by atoms with Crippen LogP contribution >= 0.6 is 0 Å². The molecule has 0 saturated heterocycles. The fourth-order valence-electron chi connectivity index (χ4n) is 8.09. The van der Waals surface area contributed by atoms with Crippen molar-refractivity contribution in [1.82, 2.24) is 9.80 Å². The molecule has 0 heterocycles. The maximum absolute atomic E-state index is 14.0. The molecule has 2 saturated carbocycles. The van der Waals surface area contributed by atoms with E-state index in [1.165, 1.54) is 23.6 Å². The number of methoxy groups -OCH3 is 1. The van der Waals surface area contributed by atoms with Crippen LogP contribution in [0, 0.1) is 23.7 Å². The number of hydrogen-bond donors (Lipinski definition) is 3. The minimum atomic E-state index is -2.76. The second-order valence-corrected chi connectivity index (χ2v) is 13.7. The molecule has 2 aromatic rings. The molecule has 0 radical (unpaired) electrons. The number of phenolic OH excluding ortho intramolecular Hbond substituents is 1. The number of amides is 1. The third-order valence-electron chi connectivity index (χ3n) is 9.95. The van der Waals surface area contributed by atoms with E-state index in [9.17, 15) is 34.2 Å². The Kier molecular flexibility index (Phi) is 8.26. The van der Waals surface area contributed by atoms with E-state index < -0.39 is 64.4 Å². The lowest BCUT2D eigenvalue weighted by Gasteiger charge is -2.52. The van der Waals surface area contributed by atoms with Crippen LogP contribution in [0.5, 0.6) is 11.5 Å². The molecule has 0 spiro atoms. The number of aromatic hydroxyl groups is 1. The van der Waals surface area contributed by atoms with E-state index in [4.69, 9.17) is 10.5 Å². The van der Waals surface area contributed by atoms with Crippen molar-refractivity contribution in [3.05, 3.63) is 58.7 Å². The molecular weight excluding hydrogens is 578 g/mol. The van der Waals surface area contributed by atoms with Gasteiger partial charge in [-0.15, -0.1) is 0 Å². The van der Waals surface area contributed by atoms with E-state index in [1.807, 2.05) is 25.2 Å². The first-order valence-electron chi connectivity index (χ1n) is 15.1. The molecule has 3 aliphatic rings. The van der Waals surface area contributed by atoms with Gasteiger partial charge in [0, 0.05) is 35.5 Å². The number of phenols is 1. The van der Waals surface area contributed by atoms with Gasteiger partial charge >= 0.3 is 0 Å². The highest BCUT2D eigenvalue weighted by molar-refractivity contribution is 6.32. The molecule has 0 aliphatic heterocycles. The van der Waals surface area contributed by atoms with Crippen molar-refractivity contribution in [2.24, 2.45) is 29.4 Å². The maximum atomic E-state index is 14.0. The van der Waals surface area contributed by atoms with Gasteiger partial charge in [0.15, 0.2) is 34.7 Å². The second-order valence-electron chi connectivity index (χ2n) is 13.7. The summed E-state index contributed by atoms with van der Waals surface area (Å²) >= 11 is 0. The number of ketones is 4. The summed E-state index contributed by atoms with van der Waals surface area (Å²) in [5, 5.41) is 22.9. The van der Waals surface area contributed by atoms with Gasteiger partial charge in [0.1, 0.15) is 11.5 Å². The Morgan fingerprint density at radius 1 is 1.09 bits per heavy atom. The van der Waals surface area contributed by atoms with Crippen LogP contribution in [0.15, 0.2) is 36.4 Å². The standard InChI is InChI=1S/C34H41N3O8/c1-33(2,19-10-8-7-9-11-19)16-37(5)15-18-14-22(38)24-20(29(18)45-6)12-17-13-21-26(36(3)4)28(40)25(32(35)43)31(42)34(21,44)30(41)23(17)27(24)39/h7-11,14,17,21,23,25-26,38,44H,12-13,15-16H2,1-6H3,(H2,35,43)/t17-,21-,23?,25?,26-,34-/m0/s1. The fourth-order valence-corrected chi connectivity index (χ4v) is 8.09. The van der Waals surface area contributed by atoms with Gasteiger partial charge in [-0.3, -0.25) is 28.9 Å². The summed E-state index contributed by atoms with van der Waals surface area (Å²) in [7, 11) is 6.55. The minimum Gasteiger partial charge on any atom is -0.507 e. The van der Waals surface area contributed by atoms with Gasteiger partial charge in [0.2, 0.25) is 5.91 Å². The third kappa shape index (κ3) is 5.07. The van der Waals surface area contributed by atoms with E-state index >= 15 is 0 Å². The SMILES string of the molecule is COc1c(CN(C)CC(C)(C)c2ccccc2)cc(O)c2c1C[C@H]1C[C@H]3[C@H](N(C)C)C(=O)C(C(N)=O)C(=O)[C@@]3(O)C(=O)C1C2=O. The molecule has 0 aromatic heterocycles. The Hall–Kier alpha value is -3.93. The van der Waals surface area contributed by atoms with Crippen molar-refractivity contribution in [1.29, 1.82) is 0 Å². The number of rotatable bonds is 8. The largest absolute Gasteiger partial charge is 0.507 e. The Labute approximate surface area is 262 Å². The summed E-state index contributed by atoms with van der Waals surface area (Å²) in [4.78, 5) is 70.5. The van der Waals surface area contributed by atoms with Gasteiger partial charge in [0.25, 0.3) is 0 Å². The number of carbonyl (C=O) groups excluding carboxylic acids is 5. The summed E-state index contributed by atoms with van der Waals surface area (Å²) in [6, 6.07) is 10.4. The highest BCUT2D eigenvalue weighted by Crippen LogP contribution is 2.52. The van der Waals surface area contributed by atoms with E-state index in [0.717, 1.165) is 0 Å². The first-order valence-corrected chi connectivity index (χ1v) is 15.1. The molecule has 11 heteroatoms. The van der Waals surface area contributed by atoms with Gasteiger partial charge < -0.3 is 25.6 Å². The molecule has 11 nitrogen and oxygen atoms in total. The number of aliphatic hydroxyl groups is 1. The molecule has 0 bridgehead atoms. The molecule has 2 unspecified atom stereocenters. The number of nitrogens with zero attached hydrogens (tertiary/aromatic N) is 2. The molecule has 3 aliphatic carbocycles. The van der Waals surface area contributed by atoms with Crippen molar-refractivity contribution in [2.75, 3.05) is 34.8 Å². The molecule has 5 rings (SSSR count). The molecule has 6 atom stereocenters. The van der Waals surface area contributed by atoms with Crippen molar-refractivity contribution in [2.45, 2.75) is 50.3 Å². The quantitative estimate of drug-likeness (QED) is 0.366. The topological polar surface area (TPSA) is 168 Å². The highest BCUT2D eigenvalue weighted by Gasteiger charge is 2.69. The van der Waals surface area contributed by atoms with Gasteiger partial charge in [-0.25, -0.2) is 0 Å². The van der Waals surface area contributed by atoms with Crippen LogP contribution in [-0.2, 0) is 37.6 Å². The Balaban J connectivity index is 1.52. The van der Waals surface area contributed by atoms with Crippen LogP contribution in [-0.4, -0.2) is 95.5 Å². The monoisotopic (exact) mass is 619 g/mol. The highest BCUT2D eigenvalue weighted by atomic mass is 16.5. The molecule has 240 valence electrons. The van der Waals surface area contributed by atoms with Gasteiger partial charge in [-0.1, -0.05) is 44.2 Å². The van der Waals surface area contributed by atoms with E-state index in [1.54, 1.807) is 14.1 Å². The lowest BCUT2D eigenvalue weighted by Crippen LogP contribution is -2.74. The predicted molar refractivity (Wildman–Crippen MR) is 164 cm³/mol. The number of carbonyl (C=O) groups is 5. The third-order valence-corrected chi connectivity index (χ3v) is 9.95. The molecule has 2 aromatic carbocycles. The fraction of sp³-hybridized carbons (Fsp3) is 0.500. The van der Waals surface area contributed by atoms with E-state index in [-0.39, 0.29) is 29.6 Å². The summed E-state index contributed by atoms with van der Waals surface area (Å²) in [5.41, 5.74) is 4.62. The normalized spacial score (nSPS) is 28.2. The number of hydrogen-bond acceptors (Lipinski definition) is 10. The summed E-state index contributed by atoms with van der Waals surface area (Å²) in [6.45, 7) is 5.36. The number of ether oxygens (including phenoxy) is 1. The maximum Gasteiger partial charge on any atom is 0.235 e. The number of benzene rings is 2. The average molecular weight is 620 g/mol. The van der Waals surface area contributed by atoms with Crippen molar-refractivity contribution in [3.8, 4) is 11.5 Å².